The lowest BCUT2D eigenvalue weighted by Crippen LogP contribution is -2.21. The molecule has 10 nitrogen and oxygen atoms in total. The molecular formula is C34H31N5O5. The van der Waals surface area contributed by atoms with Gasteiger partial charge in [-0.05, 0) is 48.4 Å². The first-order valence-electron chi connectivity index (χ1n) is 14.3. The van der Waals surface area contributed by atoms with E-state index in [1.54, 1.807) is 52.2 Å². The summed E-state index contributed by atoms with van der Waals surface area (Å²) >= 11 is 0. The van der Waals surface area contributed by atoms with Crippen molar-refractivity contribution in [3.05, 3.63) is 131 Å². The van der Waals surface area contributed by atoms with E-state index in [2.05, 4.69) is 10.1 Å². The molecule has 0 spiro atoms. The third kappa shape index (κ3) is 6.10. The molecule has 0 unspecified atom stereocenters. The maximum absolute atomic E-state index is 13.7. The predicted molar refractivity (Wildman–Crippen MR) is 165 cm³/mol. The van der Waals surface area contributed by atoms with Crippen LogP contribution in [0.2, 0.25) is 0 Å². The molecule has 6 aromatic rings. The first kappa shape index (κ1) is 28.5. The molecule has 0 aliphatic carbocycles. The van der Waals surface area contributed by atoms with Gasteiger partial charge in [-0.15, -0.1) is 0 Å². The maximum Gasteiger partial charge on any atom is 0.333 e. The summed E-state index contributed by atoms with van der Waals surface area (Å²) in [6, 6.07) is 30.5. The predicted octanol–water partition coefficient (Wildman–Crippen LogP) is 5.17. The number of imidazole rings is 1. The highest BCUT2D eigenvalue weighted by Gasteiger charge is 2.19. The molecule has 3 heterocycles. The van der Waals surface area contributed by atoms with E-state index in [9.17, 15) is 9.59 Å². The Morgan fingerprint density at radius 2 is 1.52 bits per heavy atom. The number of pyridine rings is 1. The molecule has 0 aliphatic heterocycles. The van der Waals surface area contributed by atoms with E-state index >= 15 is 0 Å². The highest BCUT2D eigenvalue weighted by Crippen LogP contribution is 2.28. The Labute approximate surface area is 253 Å². The van der Waals surface area contributed by atoms with Crippen LogP contribution in [-0.2, 0) is 36.2 Å². The third-order valence-electron chi connectivity index (χ3n) is 7.08. The van der Waals surface area contributed by atoms with E-state index < -0.39 is 0 Å². The topological polar surface area (TPSA) is 102 Å². The highest BCUT2D eigenvalue weighted by molar-refractivity contribution is 5.81. The zero-order valence-corrected chi connectivity index (χ0v) is 24.4. The van der Waals surface area contributed by atoms with Crippen molar-refractivity contribution in [2.75, 3.05) is 6.61 Å². The number of ether oxygens (including phenoxy) is 3. The zero-order valence-electron chi connectivity index (χ0n) is 24.4. The number of aromatic nitrogens is 5. The van der Waals surface area contributed by atoms with Gasteiger partial charge in [-0.3, -0.25) is 13.9 Å². The smallest absolute Gasteiger partial charge is 0.333 e. The van der Waals surface area contributed by atoms with Gasteiger partial charge < -0.3 is 14.2 Å². The standard InChI is InChI=1S/C34H31N5O5/c1-3-42-32(40)20-26-18-19-38(36-26)27-14-15-28-30(21-27)37(2)34(41)39(28)29-16-17-31(43-22-24-10-6-4-7-11-24)35-33(29)44-23-25-12-8-5-9-13-25/h4-19,21H,3,20,22-23H2,1-2H3. The quantitative estimate of drug-likeness (QED) is 0.192. The average molecular weight is 590 g/mol. The molecule has 0 saturated heterocycles. The Kier molecular flexibility index (Phi) is 8.22. The van der Waals surface area contributed by atoms with Crippen LogP contribution in [0.1, 0.15) is 23.7 Å². The van der Waals surface area contributed by atoms with Crippen molar-refractivity contribution in [3.8, 4) is 23.1 Å². The molecule has 3 aromatic heterocycles. The summed E-state index contributed by atoms with van der Waals surface area (Å²) in [5, 5.41) is 4.52. The molecule has 10 heteroatoms. The Balaban J connectivity index is 1.35. The minimum atomic E-state index is -0.331. The van der Waals surface area contributed by atoms with Crippen molar-refractivity contribution in [2.45, 2.75) is 26.6 Å². The third-order valence-corrected chi connectivity index (χ3v) is 7.08. The number of esters is 1. The van der Waals surface area contributed by atoms with E-state index in [0.717, 1.165) is 16.8 Å². The number of hydrogen-bond donors (Lipinski definition) is 0. The lowest BCUT2D eigenvalue weighted by atomic mass is 10.2. The van der Waals surface area contributed by atoms with Gasteiger partial charge in [0.2, 0.25) is 11.8 Å². The molecule has 6 rings (SSSR count). The van der Waals surface area contributed by atoms with Crippen LogP contribution < -0.4 is 15.2 Å². The first-order chi connectivity index (χ1) is 21.5. The molecule has 0 bridgehead atoms. The molecule has 3 aromatic carbocycles. The monoisotopic (exact) mass is 589 g/mol. The van der Waals surface area contributed by atoms with E-state index in [1.807, 2.05) is 78.9 Å². The summed E-state index contributed by atoms with van der Waals surface area (Å²) in [5.41, 5.74) is 4.90. The average Bonchev–Trinajstić information content (AvgIpc) is 3.61. The fourth-order valence-electron chi connectivity index (χ4n) is 4.89. The van der Waals surface area contributed by atoms with Crippen LogP contribution in [0.25, 0.3) is 22.4 Å². The van der Waals surface area contributed by atoms with Gasteiger partial charge >= 0.3 is 11.7 Å². The number of aryl methyl sites for hydroxylation is 1. The van der Waals surface area contributed by atoms with Crippen LogP contribution in [0.15, 0.2) is 108 Å². The van der Waals surface area contributed by atoms with Gasteiger partial charge in [-0.1, -0.05) is 60.7 Å². The molecule has 44 heavy (non-hydrogen) atoms. The van der Waals surface area contributed by atoms with Gasteiger partial charge in [0.15, 0.2) is 0 Å². The van der Waals surface area contributed by atoms with Crippen molar-refractivity contribution in [3.63, 3.8) is 0 Å². The Morgan fingerprint density at radius 1 is 0.818 bits per heavy atom. The Hall–Kier alpha value is -5.64. The summed E-state index contributed by atoms with van der Waals surface area (Å²) in [6.07, 6.45) is 1.86. The lowest BCUT2D eigenvalue weighted by Gasteiger charge is -2.14. The molecule has 0 atom stereocenters. The van der Waals surface area contributed by atoms with Crippen LogP contribution in [0.4, 0.5) is 0 Å². The fourth-order valence-corrected chi connectivity index (χ4v) is 4.89. The second-order valence-electron chi connectivity index (χ2n) is 10.1. The molecule has 0 N–H and O–H groups in total. The largest absolute Gasteiger partial charge is 0.473 e. The number of benzene rings is 3. The molecule has 222 valence electrons. The van der Waals surface area contributed by atoms with Crippen LogP contribution >= 0.6 is 0 Å². The summed E-state index contributed by atoms with van der Waals surface area (Å²) in [4.78, 5) is 30.3. The second-order valence-corrected chi connectivity index (χ2v) is 10.1. The van der Waals surface area contributed by atoms with Crippen molar-refractivity contribution in [1.29, 1.82) is 0 Å². The van der Waals surface area contributed by atoms with Gasteiger partial charge in [-0.25, -0.2) is 9.48 Å². The second kappa shape index (κ2) is 12.7. The molecule has 0 radical (unpaired) electrons. The van der Waals surface area contributed by atoms with Gasteiger partial charge in [0, 0.05) is 19.3 Å². The maximum atomic E-state index is 13.7. The van der Waals surface area contributed by atoms with E-state index in [-0.39, 0.29) is 30.6 Å². The molecular weight excluding hydrogens is 558 g/mol. The zero-order chi connectivity index (χ0) is 30.5. The summed E-state index contributed by atoms with van der Waals surface area (Å²) < 4.78 is 22.1. The minimum absolute atomic E-state index is 0.0851. The molecule has 0 fully saturated rings. The van der Waals surface area contributed by atoms with Crippen LogP contribution in [-0.4, -0.2) is 36.5 Å². The van der Waals surface area contributed by atoms with Crippen LogP contribution in [0.5, 0.6) is 11.8 Å². The number of carbonyl (C=O) groups is 1. The van der Waals surface area contributed by atoms with Crippen molar-refractivity contribution >= 4 is 17.0 Å². The van der Waals surface area contributed by atoms with Crippen molar-refractivity contribution in [2.24, 2.45) is 7.05 Å². The number of carbonyl (C=O) groups excluding carboxylic acids is 1. The Morgan fingerprint density at radius 3 is 2.23 bits per heavy atom. The van der Waals surface area contributed by atoms with E-state index in [4.69, 9.17) is 14.2 Å². The highest BCUT2D eigenvalue weighted by atomic mass is 16.5. The summed E-state index contributed by atoms with van der Waals surface area (Å²) in [6.45, 7) is 2.70. The van der Waals surface area contributed by atoms with Gasteiger partial charge in [0.25, 0.3) is 0 Å². The van der Waals surface area contributed by atoms with Gasteiger partial charge in [0.05, 0.1) is 35.4 Å². The van der Waals surface area contributed by atoms with Gasteiger partial charge in [0.1, 0.15) is 18.9 Å². The van der Waals surface area contributed by atoms with Crippen LogP contribution in [0.3, 0.4) is 0 Å². The van der Waals surface area contributed by atoms with Crippen molar-refractivity contribution < 1.29 is 19.0 Å². The molecule has 0 saturated carbocycles. The van der Waals surface area contributed by atoms with Crippen molar-refractivity contribution in [1.82, 2.24) is 23.9 Å². The lowest BCUT2D eigenvalue weighted by molar-refractivity contribution is -0.142. The molecule has 0 aliphatic rings. The fraction of sp³-hybridized carbons (Fsp3) is 0.176. The number of nitrogens with zero attached hydrogens (tertiary/aromatic N) is 5. The van der Waals surface area contributed by atoms with E-state index in [1.165, 1.54) is 0 Å². The SMILES string of the molecule is CCOC(=O)Cc1ccn(-c2ccc3c(c2)n(C)c(=O)n3-c2ccc(OCc3ccccc3)nc2OCc2ccccc2)n1. The first-order valence-corrected chi connectivity index (χ1v) is 14.3. The van der Waals surface area contributed by atoms with Gasteiger partial charge in [-0.2, -0.15) is 10.1 Å². The number of fused-ring (bicyclic) bond motifs is 1. The molecule has 0 amide bonds. The normalized spacial score (nSPS) is 11.0. The summed E-state index contributed by atoms with van der Waals surface area (Å²) in [5.74, 6) is 0.324. The Bertz CT molecular complexity index is 1960. The van der Waals surface area contributed by atoms with Crippen LogP contribution in [0, 0.1) is 0 Å². The van der Waals surface area contributed by atoms with E-state index in [0.29, 0.717) is 41.5 Å². The number of hydrogen-bond acceptors (Lipinski definition) is 7. The minimum Gasteiger partial charge on any atom is -0.473 e. The number of rotatable bonds is 11. The summed E-state index contributed by atoms with van der Waals surface area (Å²) in [7, 11) is 1.72.